The fourth-order valence-corrected chi connectivity index (χ4v) is 1.74. The highest BCUT2D eigenvalue weighted by Gasteiger charge is 2.09. The molecule has 0 aliphatic carbocycles. The largest absolute Gasteiger partial charge is 0.375 e. The highest BCUT2D eigenvalue weighted by atomic mass is 32.1. The standard InChI is InChI=1S/C10H17N3O2S/c1-7(2)3-4-15-5-8-6-16-10(12-8)9(14)13-11/h6-7H,3-5,11H2,1-2H3,(H,13,14). The number of ether oxygens (including phenoxy) is 1. The number of amides is 1. The van der Waals surface area contributed by atoms with Gasteiger partial charge in [-0.15, -0.1) is 11.3 Å². The lowest BCUT2D eigenvalue weighted by molar-refractivity contribution is 0.0950. The molecule has 1 rings (SSSR count). The lowest BCUT2D eigenvalue weighted by Gasteiger charge is -2.04. The fourth-order valence-electron chi connectivity index (χ4n) is 1.04. The predicted molar refractivity (Wildman–Crippen MR) is 62.9 cm³/mol. The lowest BCUT2D eigenvalue weighted by atomic mass is 10.1. The summed E-state index contributed by atoms with van der Waals surface area (Å²) in [6, 6.07) is 0. The molecule has 0 unspecified atom stereocenters. The second kappa shape index (κ2) is 6.57. The number of nitrogens with two attached hydrogens (primary N) is 1. The van der Waals surface area contributed by atoms with Crippen LogP contribution in [0.4, 0.5) is 0 Å². The molecule has 0 aromatic carbocycles. The van der Waals surface area contributed by atoms with E-state index >= 15 is 0 Å². The summed E-state index contributed by atoms with van der Waals surface area (Å²) in [5.74, 6) is 5.27. The van der Waals surface area contributed by atoms with Crippen LogP contribution in [0.1, 0.15) is 35.8 Å². The molecule has 0 radical (unpaired) electrons. The van der Waals surface area contributed by atoms with E-state index in [0.29, 0.717) is 24.1 Å². The molecule has 5 nitrogen and oxygen atoms in total. The molecule has 0 fully saturated rings. The summed E-state index contributed by atoms with van der Waals surface area (Å²) in [5.41, 5.74) is 2.82. The SMILES string of the molecule is CC(C)CCOCc1csc(C(=O)NN)n1. The third-order valence-corrected chi connectivity index (χ3v) is 2.86. The maximum atomic E-state index is 11.1. The molecule has 0 saturated carbocycles. The number of nitrogen functional groups attached to an aromatic ring is 1. The van der Waals surface area contributed by atoms with Gasteiger partial charge < -0.3 is 4.74 Å². The number of aromatic nitrogens is 1. The van der Waals surface area contributed by atoms with Crippen LogP contribution in [-0.2, 0) is 11.3 Å². The van der Waals surface area contributed by atoms with Crippen molar-refractivity contribution in [1.29, 1.82) is 0 Å². The zero-order valence-electron chi connectivity index (χ0n) is 9.53. The number of nitrogens with zero attached hydrogens (tertiary/aromatic N) is 1. The van der Waals surface area contributed by atoms with Crippen LogP contribution in [0.25, 0.3) is 0 Å². The number of rotatable bonds is 6. The van der Waals surface area contributed by atoms with Crippen LogP contribution >= 0.6 is 11.3 Å². The van der Waals surface area contributed by atoms with Gasteiger partial charge in [0.25, 0.3) is 5.91 Å². The Balaban J connectivity index is 2.32. The highest BCUT2D eigenvalue weighted by molar-refractivity contribution is 7.11. The summed E-state index contributed by atoms with van der Waals surface area (Å²) in [7, 11) is 0. The number of hydrogen-bond donors (Lipinski definition) is 2. The van der Waals surface area contributed by atoms with Gasteiger partial charge in [0.2, 0.25) is 0 Å². The van der Waals surface area contributed by atoms with Crippen LogP contribution in [0.5, 0.6) is 0 Å². The molecule has 1 amide bonds. The number of nitrogens with one attached hydrogen (secondary N) is 1. The predicted octanol–water partition coefficient (Wildman–Crippen LogP) is 1.31. The normalized spacial score (nSPS) is 10.8. The average Bonchev–Trinajstić information content (AvgIpc) is 2.71. The van der Waals surface area contributed by atoms with Crippen LogP contribution in [0, 0.1) is 5.92 Å². The van der Waals surface area contributed by atoms with Gasteiger partial charge in [0.1, 0.15) is 0 Å². The lowest BCUT2D eigenvalue weighted by Crippen LogP contribution is -2.29. The van der Waals surface area contributed by atoms with Crippen molar-refractivity contribution in [3.63, 3.8) is 0 Å². The van der Waals surface area contributed by atoms with E-state index < -0.39 is 0 Å². The first-order chi connectivity index (χ1) is 7.63. The number of thiazole rings is 1. The minimum absolute atomic E-state index is 0.363. The number of carbonyl (C=O) groups is 1. The monoisotopic (exact) mass is 243 g/mol. The molecule has 3 N–H and O–H groups in total. The zero-order valence-corrected chi connectivity index (χ0v) is 10.3. The van der Waals surface area contributed by atoms with Crippen LogP contribution in [0.2, 0.25) is 0 Å². The molecular weight excluding hydrogens is 226 g/mol. The van der Waals surface area contributed by atoms with Gasteiger partial charge in [-0.2, -0.15) is 0 Å². The quantitative estimate of drug-likeness (QED) is 0.342. The van der Waals surface area contributed by atoms with Gasteiger partial charge in [0.15, 0.2) is 5.01 Å². The molecule has 0 saturated heterocycles. The van der Waals surface area contributed by atoms with Crippen LogP contribution in [0.3, 0.4) is 0 Å². The van der Waals surface area contributed by atoms with Crippen molar-refractivity contribution in [2.75, 3.05) is 6.61 Å². The molecule has 0 bridgehead atoms. The van der Waals surface area contributed by atoms with Crippen molar-refractivity contribution in [2.45, 2.75) is 26.9 Å². The Morgan fingerprint density at radius 2 is 2.44 bits per heavy atom. The molecule has 6 heteroatoms. The van der Waals surface area contributed by atoms with E-state index in [4.69, 9.17) is 10.6 Å². The molecule has 1 heterocycles. The Labute approximate surface area is 99.0 Å². The van der Waals surface area contributed by atoms with Crippen molar-refractivity contribution in [3.8, 4) is 0 Å². The van der Waals surface area contributed by atoms with E-state index in [-0.39, 0.29) is 5.91 Å². The van der Waals surface area contributed by atoms with Gasteiger partial charge in [0, 0.05) is 12.0 Å². The van der Waals surface area contributed by atoms with Crippen molar-refractivity contribution >= 4 is 17.2 Å². The second-order valence-electron chi connectivity index (χ2n) is 3.85. The third kappa shape index (κ3) is 4.26. The Morgan fingerprint density at radius 3 is 3.06 bits per heavy atom. The molecular formula is C10H17N3O2S. The third-order valence-electron chi connectivity index (χ3n) is 1.97. The summed E-state index contributed by atoms with van der Waals surface area (Å²) in [6.45, 7) is 5.46. The first-order valence-electron chi connectivity index (χ1n) is 5.16. The smallest absolute Gasteiger partial charge is 0.294 e. The molecule has 1 aromatic heterocycles. The minimum atomic E-state index is -0.363. The zero-order chi connectivity index (χ0) is 12.0. The summed E-state index contributed by atoms with van der Waals surface area (Å²) < 4.78 is 5.44. The first-order valence-corrected chi connectivity index (χ1v) is 6.04. The summed E-state index contributed by atoms with van der Waals surface area (Å²) in [6.07, 6.45) is 1.03. The molecule has 0 aliphatic heterocycles. The molecule has 0 aliphatic rings. The summed E-state index contributed by atoms with van der Waals surface area (Å²) in [4.78, 5) is 15.2. The second-order valence-corrected chi connectivity index (χ2v) is 4.71. The summed E-state index contributed by atoms with van der Waals surface area (Å²) in [5, 5.41) is 2.17. The highest BCUT2D eigenvalue weighted by Crippen LogP contribution is 2.10. The first kappa shape index (κ1) is 13.1. The average molecular weight is 243 g/mol. The molecule has 0 spiro atoms. The van der Waals surface area contributed by atoms with E-state index in [0.717, 1.165) is 12.1 Å². The Kier molecular flexibility index (Phi) is 5.37. The van der Waals surface area contributed by atoms with E-state index in [1.165, 1.54) is 11.3 Å². The maximum Gasteiger partial charge on any atom is 0.294 e. The topological polar surface area (TPSA) is 77.2 Å². The van der Waals surface area contributed by atoms with E-state index in [2.05, 4.69) is 18.8 Å². The van der Waals surface area contributed by atoms with Gasteiger partial charge in [0.05, 0.1) is 12.3 Å². The number of hydrazine groups is 1. The van der Waals surface area contributed by atoms with Gasteiger partial charge >= 0.3 is 0 Å². The minimum Gasteiger partial charge on any atom is -0.375 e. The van der Waals surface area contributed by atoms with E-state index in [1.54, 1.807) is 5.38 Å². The van der Waals surface area contributed by atoms with E-state index in [1.807, 2.05) is 5.43 Å². The van der Waals surface area contributed by atoms with Crippen LogP contribution in [-0.4, -0.2) is 17.5 Å². The van der Waals surface area contributed by atoms with Crippen molar-refractivity contribution < 1.29 is 9.53 Å². The molecule has 1 aromatic rings. The van der Waals surface area contributed by atoms with Gasteiger partial charge in [-0.3, -0.25) is 10.2 Å². The van der Waals surface area contributed by atoms with Crippen molar-refractivity contribution in [1.82, 2.24) is 10.4 Å². The number of hydrogen-bond acceptors (Lipinski definition) is 5. The molecule has 90 valence electrons. The van der Waals surface area contributed by atoms with Crippen LogP contribution in [0.15, 0.2) is 5.38 Å². The number of carbonyl (C=O) groups excluding carboxylic acids is 1. The van der Waals surface area contributed by atoms with Gasteiger partial charge in [-0.1, -0.05) is 13.8 Å². The van der Waals surface area contributed by atoms with Crippen molar-refractivity contribution in [2.24, 2.45) is 11.8 Å². The Bertz CT molecular complexity index is 339. The van der Waals surface area contributed by atoms with Crippen molar-refractivity contribution in [3.05, 3.63) is 16.1 Å². The molecule has 16 heavy (non-hydrogen) atoms. The summed E-state index contributed by atoms with van der Waals surface area (Å²) >= 11 is 1.26. The van der Waals surface area contributed by atoms with Crippen LogP contribution < -0.4 is 11.3 Å². The van der Waals surface area contributed by atoms with E-state index in [9.17, 15) is 4.79 Å². The maximum absolute atomic E-state index is 11.1. The molecule has 0 atom stereocenters. The Morgan fingerprint density at radius 1 is 1.69 bits per heavy atom. The Hall–Kier alpha value is -0.980. The fraction of sp³-hybridized carbons (Fsp3) is 0.600. The van der Waals surface area contributed by atoms with Gasteiger partial charge in [-0.25, -0.2) is 10.8 Å². The van der Waals surface area contributed by atoms with Gasteiger partial charge in [-0.05, 0) is 12.3 Å².